The first-order chi connectivity index (χ1) is 15.8. The summed E-state index contributed by atoms with van der Waals surface area (Å²) in [6.07, 6.45) is 1.01. The number of rotatable bonds is 5. The third kappa shape index (κ3) is 4.87. The topological polar surface area (TPSA) is 66.5 Å². The molecule has 1 fully saturated rings. The lowest BCUT2D eigenvalue weighted by Gasteiger charge is -2.31. The van der Waals surface area contributed by atoms with E-state index in [9.17, 15) is 13.2 Å². The molecule has 0 aromatic heterocycles. The molecule has 5 nitrogen and oxygen atoms in total. The molecule has 3 aromatic rings. The zero-order valence-corrected chi connectivity index (χ0v) is 20.2. The summed E-state index contributed by atoms with van der Waals surface area (Å²) >= 11 is 0. The van der Waals surface area contributed by atoms with Crippen molar-refractivity contribution in [3.8, 4) is 11.1 Å². The maximum Gasteiger partial charge on any atom is 0.243 e. The van der Waals surface area contributed by atoms with E-state index < -0.39 is 10.0 Å². The number of hydrogen-bond acceptors (Lipinski definition) is 3. The van der Waals surface area contributed by atoms with E-state index >= 15 is 0 Å². The average molecular weight is 463 g/mol. The van der Waals surface area contributed by atoms with Gasteiger partial charge in [0.2, 0.25) is 15.9 Å². The van der Waals surface area contributed by atoms with Gasteiger partial charge < -0.3 is 5.32 Å². The van der Waals surface area contributed by atoms with Gasteiger partial charge in [-0.05, 0) is 56.4 Å². The van der Waals surface area contributed by atoms with Gasteiger partial charge in [0.15, 0.2) is 0 Å². The summed E-state index contributed by atoms with van der Waals surface area (Å²) in [7, 11) is -3.59. The van der Waals surface area contributed by atoms with E-state index in [1.54, 1.807) is 0 Å². The minimum atomic E-state index is -3.59. The van der Waals surface area contributed by atoms with E-state index in [0.717, 1.165) is 33.5 Å². The molecular formula is C27H30N2O3S. The van der Waals surface area contributed by atoms with E-state index in [4.69, 9.17) is 0 Å². The quantitative estimate of drug-likeness (QED) is 0.558. The van der Waals surface area contributed by atoms with Crippen molar-refractivity contribution < 1.29 is 13.2 Å². The monoisotopic (exact) mass is 462 g/mol. The van der Waals surface area contributed by atoms with Gasteiger partial charge in [-0.1, -0.05) is 66.2 Å². The Morgan fingerprint density at radius 2 is 1.45 bits per heavy atom. The molecule has 0 aliphatic carbocycles. The van der Waals surface area contributed by atoms with Crippen molar-refractivity contribution in [3.63, 3.8) is 0 Å². The lowest BCUT2D eigenvalue weighted by Crippen LogP contribution is -2.41. The highest BCUT2D eigenvalue weighted by Gasteiger charge is 2.33. The molecule has 0 atom stereocenters. The lowest BCUT2D eigenvalue weighted by atomic mass is 9.96. The highest BCUT2D eigenvalue weighted by Crippen LogP contribution is 2.31. The number of hydrogen-bond donors (Lipinski definition) is 1. The maximum absolute atomic E-state index is 13.3. The predicted octanol–water partition coefficient (Wildman–Crippen LogP) is 5.32. The molecule has 1 heterocycles. The van der Waals surface area contributed by atoms with Gasteiger partial charge >= 0.3 is 0 Å². The first-order valence-electron chi connectivity index (χ1n) is 11.3. The van der Waals surface area contributed by atoms with E-state index in [1.165, 1.54) is 4.31 Å². The third-order valence-electron chi connectivity index (χ3n) is 6.30. The molecule has 0 saturated carbocycles. The van der Waals surface area contributed by atoms with Gasteiger partial charge in [-0.25, -0.2) is 8.42 Å². The molecule has 0 radical (unpaired) electrons. The summed E-state index contributed by atoms with van der Waals surface area (Å²) in [6, 6.07) is 21.5. The van der Waals surface area contributed by atoms with Crippen LogP contribution in [0, 0.1) is 26.7 Å². The van der Waals surface area contributed by atoms with Gasteiger partial charge in [-0.15, -0.1) is 0 Å². The van der Waals surface area contributed by atoms with Crippen LogP contribution in [0.4, 0.5) is 5.69 Å². The maximum atomic E-state index is 13.3. The Bertz CT molecular complexity index is 1240. The fourth-order valence-electron chi connectivity index (χ4n) is 4.76. The van der Waals surface area contributed by atoms with Gasteiger partial charge in [0, 0.05) is 30.3 Å². The highest BCUT2D eigenvalue weighted by atomic mass is 32.2. The minimum absolute atomic E-state index is 0.0573. The Morgan fingerprint density at radius 3 is 2.09 bits per heavy atom. The molecule has 3 aromatic carbocycles. The molecule has 6 heteroatoms. The highest BCUT2D eigenvalue weighted by molar-refractivity contribution is 7.89. The number of anilines is 1. The van der Waals surface area contributed by atoms with Crippen molar-refractivity contribution in [3.05, 3.63) is 83.4 Å². The molecule has 1 N–H and O–H groups in total. The van der Waals surface area contributed by atoms with Crippen LogP contribution in [-0.2, 0) is 14.8 Å². The second-order valence-corrected chi connectivity index (χ2v) is 10.7. The SMILES string of the molecule is Cc1cc(C)c(S(=O)(=O)N2CCC(C(=O)Nc3ccccc3-c3ccccc3)CC2)c(C)c1. The summed E-state index contributed by atoms with van der Waals surface area (Å²) < 4.78 is 28.2. The molecule has 1 amide bonds. The summed E-state index contributed by atoms with van der Waals surface area (Å²) in [5.41, 5.74) is 5.37. The number of para-hydroxylation sites is 1. The van der Waals surface area contributed by atoms with Crippen LogP contribution in [-0.4, -0.2) is 31.7 Å². The van der Waals surface area contributed by atoms with E-state index in [2.05, 4.69) is 5.32 Å². The Morgan fingerprint density at radius 1 is 0.879 bits per heavy atom. The van der Waals surface area contributed by atoms with Gasteiger partial charge in [0.05, 0.1) is 4.90 Å². The van der Waals surface area contributed by atoms with Crippen molar-refractivity contribution in [1.82, 2.24) is 4.31 Å². The van der Waals surface area contributed by atoms with E-state index in [1.807, 2.05) is 87.5 Å². The number of nitrogens with one attached hydrogen (secondary N) is 1. The van der Waals surface area contributed by atoms with Crippen LogP contribution in [0.15, 0.2) is 71.6 Å². The van der Waals surface area contributed by atoms with Crippen LogP contribution in [0.5, 0.6) is 0 Å². The molecule has 1 aliphatic rings. The third-order valence-corrected chi connectivity index (χ3v) is 8.50. The summed E-state index contributed by atoms with van der Waals surface area (Å²) in [5.74, 6) is -0.279. The second-order valence-electron chi connectivity index (χ2n) is 8.81. The van der Waals surface area contributed by atoms with Crippen molar-refractivity contribution in [1.29, 1.82) is 0 Å². The normalized spacial score (nSPS) is 15.4. The largest absolute Gasteiger partial charge is 0.325 e. The van der Waals surface area contributed by atoms with Crippen LogP contribution >= 0.6 is 0 Å². The number of carbonyl (C=O) groups is 1. The van der Waals surface area contributed by atoms with Gasteiger partial charge in [-0.3, -0.25) is 4.79 Å². The lowest BCUT2D eigenvalue weighted by molar-refractivity contribution is -0.120. The number of carbonyl (C=O) groups excluding carboxylic acids is 1. The average Bonchev–Trinajstić information content (AvgIpc) is 2.79. The molecule has 33 heavy (non-hydrogen) atoms. The van der Waals surface area contributed by atoms with Crippen molar-refractivity contribution >= 4 is 21.6 Å². The standard InChI is InChI=1S/C27H30N2O3S/c1-19-17-20(2)26(21(3)18-19)33(31,32)29-15-13-23(14-16-29)27(30)28-25-12-8-7-11-24(25)22-9-5-4-6-10-22/h4-12,17-18,23H,13-16H2,1-3H3,(H,28,30). The fourth-order valence-corrected chi connectivity index (χ4v) is 6.64. The Balaban J connectivity index is 1.46. The van der Waals surface area contributed by atoms with E-state index in [-0.39, 0.29) is 11.8 Å². The van der Waals surface area contributed by atoms with Crippen molar-refractivity contribution in [2.24, 2.45) is 5.92 Å². The number of benzene rings is 3. The smallest absolute Gasteiger partial charge is 0.243 e. The Kier molecular flexibility index (Phi) is 6.68. The predicted molar refractivity (Wildman–Crippen MR) is 133 cm³/mol. The van der Waals surface area contributed by atoms with Crippen molar-refractivity contribution in [2.45, 2.75) is 38.5 Å². The molecule has 1 saturated heterocycles. The van der Waals surface area contributed by atoms with Gasteiger partial charge in [0.25, 0.3) is 0 Å². The molecule has 172 valence electrons. The Labute approximate surface area is 196 Å². The number of aryl methyl sites for hydroxylation is 3. The zero-order chi connectivity index (χ0) is 23.6. The second kappa shape index (κ2) is 9.49. The fraction of sp³-hybridized carbons (Fsp3) is 0.296. The Hall–Kier alpha value is -2.96. The van der Waals surface area contributed by atoms with Gasteiger partial charge in [0.1, 0.15) is 0 Å². The molecule has 0 bridgehead atoms. The first-order valence-corrected chi connectivity index (χ1v) is 12.7. The molecular weight excluding hydrogens is 432 g/mol. The minimum Gasteiger partial charge on any atom is -0.325 e. The number of nitrogens with zero attached hydrogens (tertiary/aromatic N) is 1. The van der Waals surface area contributed by atoms with Crippen LogP contribution in [0.2, 0.25) is 0 Å². The molecule has 4 rings (SSSR count). The van der Waals surface area contributed by atoms with E-state index in [0.29, 0.717) is 30.8 Å². The summed E-state index contributed by atoms with van der Waals surface area (Å²) in [6.45, 7) is 6.34. The summed E-state index contributed by atoms with van der Waals surface area (Å²) in [5, 5.41) is 3.08. The number of amides is 1. The number of sulfonamides is 1. The van der Waals surface area contributed by atoms with Crippen molar-refractivity contribution in [2.75, 3.05) is 18.4 Å². The van der Waals surface area contributed by atoms with Crippen LogP contribution in [0.1, 0.15) is 29.5 Å². The molecule has 1 aliphatic heterocycles. The van der Waals surface area contributed by atoms with Crippen LogP contribution in [0.25, 0.3) is 11.1 Å². The van der Waals surface area contributed by atoms with Crippen LogP contribution < -0.4 is 5.32 Å². The molecule has 0 unspecified atom stereocenters. The van der Waals surface area contributed by atoms with Crippen LogP contribution in [0.3, 0.4) is 0 Å². The molecule has 0 spiro atoms. The van der Waals surface area contributed by atoms with Gasteiger partial charge in [-0.2, -0.15) is 4.31 Å². The summed E-state index contributed by atoms with van der Waals surface area (Å²) in [4.78, 5) is 13.4. The number of piperidine rings is 1. The first kappa shape index (κ1) is 23.2. The zero-order valence-electron chi connectivity index (χ0n) is 19.3.